The summed E-state index contributed by atoms with van der Waals surface area (Å²) in [6.07, 6.45) is 1.08. The Balaban J connectivity index is 1.35. The second-order valence-corrected chi connectivity index (χ2v) is 10.4. The van der Waals surface area contributed by atoms with Crippen molar-refractivity contribution in [2.24, 2.45) is 11.8 Å². The van der Waals surface area contributed by atoms with Crippen LogP contribution in [0.1, 0.15) is 53.8 Å². The summed E-state index contributed by atoms with van der Waals surface area (Å²) < 4.78 is 41.3. The van der Waals surface area contributed by atoms with Gasteiger partial charge < -0.3 is 14.6 Å². The van der Waals surface area contributed by atoms with Gasteiger partial charge in [-0.05, 0) is 72.7 Å². The van der Waals surface area contributed by atoms with Gasteiger partial charge in [-0.15, -0.1) is 11.3 Å². The highest BCUT2D eigenvalue weighted by atomic mass is 32.1. The van der Waals surface area contributed by atoms with Gasteiger partial charge in [0.15, 0.2) is 0 Å². The summed E-state index contributed by atoms with van der Waals surface area (Å²) in [5, 5.41) is 11.7. The maximum atomic E-state index is 13.2. The summed E-state index contributed by atoms with van der Waals surface area (Å²) >= 11 is 0.688. The molecule has 0 radical (unpaired) electrons. The van der Waals surface area contributed by atoms with Crippen LogP contribution in [-0.4, -0.2) is 38.0 Å². The van der Waals surface area contributed by atoms with Gasteiger partial charge in [-0.3, -0.25) is 9.59 Å². The third-order valence-corrected chi connectivity index (χ3v) is 8.32. The maximum absolute atomic E-state index is 13.2. The number of hydrogen-bond acceptors (Lipinski definition) is 4. The minimum atomic E-state index is -4.37. The Morgan fingerprint density at radius 3 is 2.66 bits per heavy atom. The fraction of sp³-hybridized carbons (Fsp3) is 0.480. The standard InChI is InChI=1S/C25H26F3N3O3S/c26-25(27,28)21-10-16(14-35-21)12-31-20-13-30(9-7-18(20)19-2-1-8-29-23(19)31)22(32)11-15-3-5-17(6-4-15)24(33)34/h1-2,8,10,14-15,17H,3-7,9,11-13H2,(H,33,34). The average Bonchev–Trinajstić information content (AvgIpc) is 3.43. The minimum absolute atomic E-state index is 0.0501. The Labute approximate surface area is 204 Å². The number of rotatable bonds is 5. The first kappa shape index (κ1) is 23.8. The number of hydrogen-bond donors (Lipinski definition) is 1. The third kappa shape index (κ3) is 4.80. The monoisotopic (exact) mass is 505 g/mol. The molecular weight excluding hydrogens is 479 g/mol. The Kier molecular flexibility index (Phi) is 6.33. The van der Waals surface area contributed by atoms with E-state index < -0.39 is 17.0 Å². The summed E-state index contributed by atoms with van der Waals surface area (Å²) in [7, 11) is 0. The number of carbonyl (C=O) groups excluding carboxylic acids is 1. The number of carboxylic acid groups (broad SMARTS) is 1. The van der Waals surface area contributed by atoms with Gasteiger partial charge in [0.05, 0.1) is 19.0 Å². The molecule has 1 amide bonds. The summed E-state index contributed by atoms with van der Waals surface area (Å²) in [5.74, 6) is -0.822. The second-order valence-electron chi connectivity index (χ2n) is 9.53. The fourth-order valence-electron chi connectivity index (χ4n) is 5.42. The lowest BCUT2D eigenvalue weighted by Crippen LogP contribution is -2.38. The van der Waals surface area contributed by atoms with Crippen molar-refractivity contribution in [1.82, 2.24) is 14.5 Å². The molecule has 0 atom stereocenters. The number of alkyl halides is 3. The Morgan fingerprint density at radius 2 is 1.97 bits per heavy atom. The molecule has 0 aromatic carbocycles. The first-order valence-corrected chi connectivity index (χ1v) is 12.7. The molecule has 186 valence electrons. The van der Waals surface area contributed by atoms with Crippen molar-refractivity contribution in [1.29, 1.82) is 0 Å². The number of amides is 1. The zero-order valence-electron chi connectivity index (χ0n) is 19.1. The number of aliphatic carboxylic acids is 1. The molecule has 1 aliphatic carbocycles. The van der Waals surface area contributed by atoms with Crippen LogP contribution >= 0.6 is 11.3 Å². The van der Waals surface area contributed by atoms with Gasteiger partial charge in [0.2, 0.25) is 5.91 Å². The Bertz CT molecular complexity index is 1260. The molecular formula is C25H26F3N3O3S. The van der Waals surface area contributed by atoms with E-state index in [1.807, 2.05) is 21.6 Å². The second kappa shape index (κ2) is 9.29. The topological polar surface area (TPSA) is 75.4 Å². The van der Waals surface area contributed by atoms with Crippen molar-refractivity contribution in [2.45, 2.75) is 57.8 Å². The van der Waals surface area contributed by atoms with Crippen molar-refractivity contribution in [3.8, 4) is 0 Å². The summed E-state index contributed by atoms with van der Waals surface area (Å²) in [4.78, 5) is 30.1. The summed E-state index contributed by atoms with van der Waals surface area (Å²) in [6.45, 7) is 1.24. The van der Waals surface area contributed by atoms with Crippen LogP contribution in [-0.2, 0) is 35.3 Å². The molecule has 1 N–H and O–H groups in total. The van der Waals surface area contributed by atoms with Crippen LogP contribution in [0.2, 0.25) is 0 Å². The first-order valence-electron chi connectivity index (χ1n) is 11.8. The molecule has 1 saturated carbocycles. The molecule has 1 fully saturated rings. The molecule has 3 aromatic heterocycles. The van der Waals surface area contributed by atoms with Gasteiger partial charge in [0.1, 0.15) is 10.5 Å². The predicted molar refractivity (Wildman–Crippen MR) is 125 cm³/mol. The van der Waals surface area contributed by atoms with Gasteiger partial charge in [-0.25, -0.2) is 4.98 Å². The van der Waals surface area contributed by atoms with E-state index >= 15 is 0 Å². The molecule has 0 bridgehead atoms. The van der Waals surface area contributed by atoms with Gasteiger partial charge in [0.25, 0.3) is 0 Å². The third-order valence-electron chi connectivity index (χ3n) is 7.30. The van der Waals surface area contributed by atoms with E-state index in [0.29, 0.717) is 55.7 Å². The van der Waals surface area contributed by atoms with Gasteiger partial charge in [-0.1, -0.05) is 0 Å². The summed E-state index contributed by atoms with van der Waals surface area (Å²) in [5.41, 5.74) is 3.31. The highest BCUT2D eigenvalue weighted by Gasteiger charge is 2.33. The normalized spacial score (nSPS) is 20.7. The molecule has 3 aromatic rings. The number of halogens is 3. The van der Waals surface area contributed by atoms with E-state index in [9.17, 15) is 27.9 Å². The highest BCUT2D eigenvalue weighted by Crippen LogP contribution is 2.36. The molecule has 1 aliphatic heterocycles. The molecule has 5 rings (SSSR count). The van der Waals surface area contributed by atoms with Crippen LogP contribution in [0.25, 0.3) is 11.0 Å². The fourth-order valence-corrected chi connectivity index (χ4v) is 6.20. The SMILES string of the molecule is O=C(O)C1CCC(CC(=O)N2CCc3c(n(Cc4csc(C(F)(F)F)c4)c4ncccc34)C2)CC1. The number of carbonyl (C=O) groups is 2. The molecule has 0 unspecified atom stereocenters. The van der Waals surface area contributed by atoms with Gasteiger partial charge >= 0.3 is 12.1 Å². The van der Waals surface area contributed by atoms with E-state index in [1.54, 1.807) is 6.20 Å². The quantitative estimate of drug-likeness (QED) is 0.509. The van der Waals surface area contributed by atoms with E-state index in [2.05, 4.69) is 4.98 Å². The van der Waals surface area contributed by atoms with Crippen LogP contribution < -0.4 is 0 Å². The van der Waals surface area contributed by atoms with Crippen molar-refractivity contribution in [3.63, 3.8) is 0 Å². The van der Waals surface area contributed by atoms with Crippen molar-refractivity contribution < 1.29 is 27.9 Å². The number of fused-ring (bicyclic) bond motifs is 3. The van der Waals surface area contributed by atoms with Gasteiger partial charge in [0, 0.05) is 30.2 Å². The molecule has 2 aliphatic rings. The zero-order valence-corrected chi connectivity index (χ0v) is 19.9. The number of carboxylic acids is 1. The molecule has 10 heteroatoms. The smallest absolute Gasteiger partial charge is 0.425 e. The van der Waals surface area contributed by atoms with E-state index in [-0.39, 0.29) is 24.3 Å². The predicted octanol–water partition coefficient (Wildman–Crippen LogP) is 5.33. The Morgan fingerprint density at radius 1 is 1.20 bits per heavy atom. The number of aromatic nitrogens is 2. The lowest BCUT2D eigenvalue weighted by atomic mass is 9.80. The molecule has 35 heavy (non-hydrogen) atoms. The van der Waals surface area contributed by atoms with E-state index in [1.165, 1.54) is 11.4 Å². The van der Waals surface area contributed by atoms with Crippen LogP contribution in [0.3, 0.4) is 0 Å². The molecule has 4 heterocycles. The van der Waals surface area contributed by atoms with Crippen molar-refractivity contribution in [3.05, 3.63) is 51.5 Å². The largest absolute Gasteiger partial charge is 0.481 e. The van der Waals surface area contributed by atoms with Crippen molar-refractivity contribution >= 4 is 34.2 Å². The lowest BCUT2D eigenvalue weighted by molar-refractivity contribution is -0.143. The van der Waals surface area contributed by atoms with Crippen LogP contribution in [0, 0.1) is 11.8 Å². The van der Waals surface area contributed by atoms with Crippen LogP contribution in [0.5, 0.6) is 0 Å². The minimum Gasteiger partial charge on any atom is -0.481 e. The van der Waals surface area contributed by atoms with Crippen molar-refractivity contribution in [2.75, 3.05) is 6.54 Å². The van der Waals surface area contributed by atoms with Crippen LogP contribution in [0.15, 0.2) is 29.8 Å². The maximum Gasteiger partial charge on any atom is 0.425 e. The molecule has 0 saturated heterocycles. The average molecular weight is 506 g/mol. The van der Waals surface area contributed by atoms with Gasteiger partial charge in [-0.2, -0.15) is 13.2 Å². The number of thiophene rings is 1. The zero-order chi connectivity index (χ0) is 24.7. The Hall–Kier alpha value is -2.88. The van der Waals surface area contributed by atoms with E-state index in [0.717, 1.165) is 35.1 Å². The lowest BCUT2D eigenvalue weighted by Gasteiger charge is -2.31. The molecule has 0 spiro atoms. The first-order chi connectivity index (χ1) is 16.7. The van der Waals surface area contributed by atoms with Crippen LogP contribution in [0.4, 0.5) is 13.2 Å². The van der Waals surface area contributed by atoms with E-state index in [4.69, 9.17) is 0 Å². The summed E-state index contributed by atoms with van der Waals surface area (Å²) in [6, 6.07) is 5.01. The highest BCUT2D eigenvalue weighted by molar-refractivity contribution is 7.10. The number of pyridine rings is 1. The molecule has 6 nitrogen and oxygen atoms in total. The number of nitrogens with zero attached hydrogens (tertiary/aromatic N) is 3.